The first kappa shape index (κ1) is 14.5. The van der Waals surface area contributed by atoms with Gasteiger partial charge in [-0.1, -0.05) is 0 Å². The molecule has 0 saturated carbocycles. The van der Waals surface area contributed by atoms with E-state index < -0.39 is 14.6 Å². The first-order valence-electron chi connectivity index (χ1n) is 6.12. The molecule has 1 aromatic carbocycles. The van der Waals surface area contributed by atoms with Crippen molar-refractivity contribution in [2.45, 2.75) is 18.6 Å². The summed E-state index contributed by atoms with van der Waals surface area (Å²) in [6.07, 6.45) is 2.72. The van der Waals surface area contributed by atoms with E-state index in [0.29, 0.717) is 5.56 Å². The summed E-state index contributed by atoms with van der Waals surface area (Å²) >= 11 is 0. The first-order chi connectivity index (χ1) is 9.21. The molecule has 0 aliphatic rings. The number of hydrogen-bond acceptors (Lipinski definition) is 4. The molecule has 0 saturated heterocycles. The molecule has 2 aromatic rings. The predicted octanol–water partition coefficient (Wildman–Crippen LogP) is 1.12. The standard InChI is InChI=1S/C13H17N3O3S/c1-13(2,20(3,18)19)7-14-12(17)9-4-5-10-11(6-9)16-8-15-10/h4-6,8H,7H2,1-3H3,(H,14,17)(H,15,16). The van der Waals surface area contributed by atoms with E-state index in [1.54, 1.807) is 38.4 Å². The Morgan fingerprint density at radius 2 is 2.10 bits per heavy atom. The van der Waals surface area contributed by atoms with Gasteiger partial charge in [0, 0.05) is 18.4 Å². The molecule has 7 heteroatoms. The highest BCUT2D eigenvalue weighted by atomic mass is 32.2. The van der Waals surface area contributed by atoms with Crippen molar-refractivity contribution in [3.8, 4) is 0 Å². The van der Waals surface area contributed by atoms with E-state index in [0.717, 1.165) is 17.3 Å². The largest absolute Gasteiger partial charge is 0.350 e. The second-order valence-electron chi connectivity index (χ2n) is 5.35. The molecule has 0 bridgehead atoms. The molecule has 1 heterocycles. The number of nitrogens with zero attached hydrogens (tertiary/aromatic N) is 1. The number of benzene rings is 1. The maximum atomic E-state index is 12.0. The van der Waals surface area contributed by atoms with Crippen LogP contribution in [0.25, 0.3) is 11.0 Å². The molecule has 0 fully saturated rings. The molecule has 0 aliphatic carbocycles. The van der Waals surface area contributed by atoms with Gasteiger partial charge in [0.15, 0.2) is 9.84 Å². The van der Waals surface area contributed by atoms with Gasteiger partial charge in [0.25, 0.3) is 5.91 Å². The third kappa shape index (κ3) is 2.82. The van der Waals surface area contributed by atoms with Crippen LogP contribution in [0.2, 0.25) is 0 Å². The van der Waals surface area contributed by atoms with Crippen LogP contribution >= 0.6 is 0 Å². The minimum Gasteiger partial charge on any atom is -0.350 e. The highest BCUT2D eigenvalue weighted by molar-refractivity contribution is 7.92. The summed E-state index contributed by atoms with van der Waals surface area (Å²) in [6, 6.07) is 5.08. The second-order valence-corrected chi connectivity index (χ2v) is 8.00. The van der Waals surface area contributed by atoms with Gasteiger partial charge < -0.3 is 10.3 Å². The van der Waals surface area contributed by atoms with E-state index in [9.17, 15) is 13.2 Å². The molecule has 0 aliphatic heterocycles. The number of fused-ring (bicyclic) bond motifs is 1. The average Bonchev–Trinajstić information content (AvgIpc) is 2.81. The fraction of sp³-hybridized carbons (Fsp3) is 0.385. The van der Waals surface area contributed by atoms with Crippen molar-refractivity contribution < 1.29 is 13.2 Å². The number of aromatic amines is 1. The molecule has 6 nitrogen and oxygen atoms in total. The summed E-state index contributed by atoms with van der Waals surface area (Å²) in [4.78, 5) is 19.0. The van der Waals surface area contributed by atoms with Crippen molar-refractivity contribution >= 4 is 26.8 Å². The van der Waals surface area contributed by atoms with Crippen LogP contribution in [0.3, 0.4) is 0 Å². The SMILES string of the molecule is CC(C)(CNC(=O)c1ccc2nc[nH]c2c1)S(C)(=O)=O. The number of aromatic nitrogens is 2. The zero-order valence-corrected chi connectivity index (χ0v) is 12.4. The van der Waals surface area contributed by atoms with Crippen molar-refractivity contribution in [1.82, 2.24) is 15.3 Å². The Labute approximate surface area is 117 Å². The summed E-state index contributed by atoms with van der Waals surface area (Å²) < 4.78 is 22.2. The number of rotatable bonds is 4. The molecule has 2 rings (SSSR count). The van der Waals surface area contributed by atoms with Gasteiger partial charge >= 0.3 is 0 Å². The van der Waals surface area contributed by atoms with Crippen molar-refractivity contribution in [1.29, 1.82) is 0 Å². The van der Waals surface area contributed by atoms with Gasteiger partial charge in [-0.2, -0.15) is 0 Å². The lowest BCUT2D eigenvalue weighted by Gasteiger charge is -2.22. The predicted molar refractivity (Wildman–Crippen MR) is 77.3 cm³/mol. The Hall–Kier alpha value is -1.89. The van der Waals surface area contributed by atoms with Crippen molar-refractivity contribution in [2.24, 2.45) is 0 Å². The van der Waals surface area contributed by atoms with Gasteiger partial charge in [0.1, 0.15) is 0 Å². The molecule has 0 spiro atoms. The summed E-state index contributed by atoms with van der Waals surface area (Å²) in [5, 5.41) is 2.65. The highest BCUT2D eigenvalue weighted by Gasteiger charge is 2.30. The number of carbonyl (C=O) groups is 1. The third-order valence-corrected chi connectivity index (χ3v) is 5.51. The Bertz CT molecular complexity index is 747. The van der Waals surface area contributed by atoms with Crippen LogP contribution in [0.1, 0.15) is 24.2 Å². The van der Waals surface area contributed by atoms with E-state index >= 15 is 0 Å². The van der Waals surface area contributed by atoms with Gasteiger partial charge in [-0.3, -0.25) is 4.79 Å². The van der Waals surface area contributed by atoms with Crippen LogP contribution in [-0.2, 0) is 9.84 Å². The van der Waals surface area contributed by atoms with Gasteiger partial charge in [-0.25, -0.2) is 13.4 Å². The van der Waals surface area contributed by atoms with Crippen LogP contribution in [0.4, 0.5) is 0 Å². The van der Waals surface area contributed by atoms with Gasteiger partial charge in [0.2, 0.25) is 0 Å². The van der Waals surface area contributed by atoms with Crippen LogP contribution < -0.4 is 5.32 Å². The van der Waals surface area contributed by atoms with Crippen molar-refractivity contribution in [3.05, 3.63) is 30.1 Å². The lowest BCUT2D eigenvalue weighted by molar-refractivity contribution is 0.0950. The normalized spacial score (nSPS) is 12.6. The summed E-state index contributed by atoms with van der Waals surface area (Å²) in [6.45, 7) is 3.23. The molecular formula is C13H17N3O3S. The molecule has 2 N–H and O–H groups in total. The minimum absolute atomic E-state index is 0.0612. The summed E-state index contributed by atoms with van der Waals surface area (Å²) in [5.41, 5.74) is 2.00. The van der Waals surface area contributed by atoms with Crippen LogP contribution in [-0.4, -0.2) is 41.8 Å². The maximum Gasteiger partial charge on any atom is 0.251 e. The van der Waals surface area contributed by atoms with Gasteiger partial charge in [0.05, 0.1) is 22.1 Å². The fourth-order valence-electron chi connectivity index (χ4n) is 1.60. The van der Waals surface area contributed by atoms with E-state index in [2.05, 4.69) is 15.3 Å². The number of hydrogen-bond donors (Lipinski definition) is 2. The lowest BCUT2D eigenvalue weighted by atomic mass is 10.1. The molecule has 1 amide bonds. The van der Waals surface area contributed by atoms with Crippen LogP contribution in [0.15, 0.2) is 24.5 Å². The number of nitrogens with one attached hydrogen (secondary N) is 2. The van der Waals surface area contributed by atoms with E-state index in [1.165, 1.54) is 0 Å². The molecule has 0 radical (unpaired) electrons. The summed E-state index contributed by atoms with van der Waals surface area (Å²) in [5.74, 6) is -0.307. The number of amides is 1. The number of H-pyrrole nitrogens is 1. The smallest absolute Gasteiger partial charge is 0.251 e. The van der Waals surface area contributed by atoms with Crippen LogP contribution in [0, 0.1) is 0 Å². The summed E-state index contributed by atoms with van der Waals surface area (Å²) in [7, 11) is -3.24. The van der Waals surface area contributed by atoms with Gasteiger partial charge in [-0.15, -0.1) is 0 Å². The van der Waals surface area contributed by atoms with E-state index in [1.807, 2.05) is 0 Å². The Kier molecular flexibility index (Phi) is 3.56. The molecule has 0 atom stereocenters. The third-order valence-electron chi connectivity index (χ3n) is 3.36. The highest BCUT2D eigenvalue weighted by Crippen LogP contribution is 2.15. The maximum absolute atomic E-state index is 12.0. The quantitative estimate of drug-likeness (QED) is 0.884. The van der Waals surface area contributed by atoms with E-state index in [4.69, 9.17) is 0 Å². The van der Waals surface area contributed by atoms with Crippen molar-refractivity contribution in [2.75, 3.05) is 12.8 Å². The molecule has 20 heavy (non-hydrogen) atoms. The fourth-order valence-corrected chi connectivity index (χ4v) is 1.94. The molecule has 1 aromatic heterocycles. The molecular weight excluding hydrogens is 278 g/mol. The average molecular weight is 295 g/mol. The Morgan fingerprint density at radius 3 is 2.75 bits per heavy atom. The van der Waals surface area contributed by atoms with E-state index in [-0.39, 0.29) is 12.5 Å². The molecule has 108 valence electrons. The second kappa shape index (κ2) is 4.90. The van der Waals surface area contributed by atoms with Gasteiger partial charge in [-0.05, 0) is 32.0 Å². The van der Waals surface area contributed by atoms with Crippen molar-refractivity contribution in [3.63, 3.8) is 0 Å². The lowest BCUT2D eigenvalue weighted by Crippen LogP contribution is -2.43. The Morgan fingerprint density at radius 1 is 1.40 bits per heavy atom. The monoisotopic (exact) mass is 295 g/mol. The zero-order chi connectivity index (χ0) is 15.0. The number of imidazole rings is 1. The zero-order valence-electron chi connectivity index (χ0n) is 11.6. The minimum atomic E-state index is -3.24. The molecule has 0 unspecified atom stereocenters. The number of sulfone groups is 1. The first-order valence-corrected chi connectivity index (χ1v) is 8.01. The Balaban J connectivity index is 2.12. The van der Waals surface area contributed by atoms with Crippen LogP contribution in [0.5, 0.6) is 0 Å². The topological polar surface area (TPSA) is 91.9 Å². The number of carbonyl (C=O) groups excluding carboxylic acids is 1.